The predicted molar refractivity (Wildman–Crippen MR) is 109 cm³/mol. The van der Waals surface area contributed by atoms with Gasteiger partial charge in [-0.3, -0.25) is 4.79 Å². The summed E-state index contributed by atoms with van der Waals surface area (Å²) in [6.07, 6.45) is 4.08. The summed E-state index contributed by atoms with van der Waals surface area (Å²) >= 11 is 1.59. The fourth-order valence-electron chi connectivity index (χ4n) is 4.13. The molecule has 1 fully saturated rings. The highest BCUT2D eigenvalue weighted by atomic mass is 32.2. The maximum atomic E-state index is 12.8. The Morgan fingerprint density at radius 2 is 2.11 bits per heavy atom. The third-order valence-electron chi connectivity index (χ3n) is 5.90. The first-order chi connectivity index (χ1) is 13.2. The van der Waals surface area contributed by atoms with Gasteiger partial charge in [0.2, 0.25) is 0 Å². The predicted octanol–water partition coefficient (Wildman–Crippen LogP) is 2.84. The fraction of sp³-hybridized carbons (Fsp3) is 0.700. The molecule has 2 aliphatic rings. The number of rotatable bonds is 6. The van der Waals surface area contributed by atoms with Gasteiger partial charge < -0.3 is 9.64 Å². The Morgan fingerprint density at radius 1 is 1.36 bits per heavy atom. The third kappa shape index (κ3) is 4.59. The Kier molecular flexibility index (Phi) is 6.49. The Labute approximate surface area is 171 Å². The van der Waals surface area contributed by atoms with Gasteiger partial charge in [0.25, 0.3) is 5.91 Å². The molecule has 0 radical (unpaired) electrons. The molecule has 0 unspecified atom stereocenters. The van der Waals surface area contributed by atoms with Gasteiger partial charge in [0.05, 0.1) is 17.1 Å². The zero-order chi connectivity index (χ0) is 20.5. The van der Waals surface area contributed by atoms with E-state index in [-0.39, 0.29) is 36.1 Å². The van der Waals surface area contributed by atoms with Crippen LogP contribution in [0.2, 0.25) is 0 Å². The quantitative estimate of drug-likeness (QED) is 0.652. The summed E-state index contributed by atoms with van der Waals surface area (Å²) in [4.78, 5) is 28.2. The van der Waals surface area contributed by atoms with Crippen LogP contribution in [0.3, 0.4) is 0 Å². The maximum Gasteiger partial charge on any atom is 0.339 e. The second kappa shape index (κ2) is 8.53. The summed E-state index contributed by atoms with van der Waals surface area (Å²) < 4.78 is 29.0. The van der Waals surface area contributed by atoms with Crippen molar-refractivity contribution in [3.8, 4) is 0 Å². The van der Waals surface area contributed by atoms with Crippen LogP contribution in [0.25, 0.3) is 0 Å². The molecule has 8 heteroatoms. The van der Waals surface area contributed by atoms with Gasteiger partial charge in [-0.05, 0) is 50.5 Å². The number of ether oxygens (including phenoxy) is 1. The number of nitrogens with zero attached hydrogens (tertiary/aromatic N) is 1. The van der Waals surface area contributed by atoms with Crippen molar-refractivity contribution in [1.29, 1.82) is 0 Å². The summed E-state index contributed by atoms with van der Waals surface area (Å²) in [5.74, 6) is -0.0425. The molecule has 0 saturated carbocycles. The summed E-state index contributed by atoms with van der Waals surface area (Å²) in [7, 11) is -3.10. The number of carbonyl (C=O) groups excluding carboxylic acids is 2. The van der Waals surface area contributed by atoms with Crippen LogP contribution in [-0.4, -0.2) is 55.4 Å². The lowest BCUT2D eigenvalue weighted by Crippen LogP contribution is -2.48. The Balaban J connectivity index is 1.65. The van der Waals surface area contributed by atoms with Gasteiger partial charge in [0.1, 0.15) is 0 Å². The van der Waals surface area contributed by atoms with Gasteiger partial charge in [-0.1, -0.05) is 13.8 Å². The number of thiophene rings is 1. The van der Waals surface area contributed by atoms with Gasteiger partial charge in [0.15, 0.2) is 16.4 Å². The maximum absolute atomic E-state index is 12.8. The van der Waals surface area contributed by atoms with Crippen molar-refractivity contribution >= 4 is 33.1 Å². The number of amides is 1. The molecular formula is C20H29NO5S2. The smallest absolute Gasteiger partial charge is 0.339 e. The first-order valence-electron chi connectivity index (χ1n) is 9.99. The van der Waals surface area contributed by atoms with Crippen LogP contribution in [0.15, 0.2) is 5.38 Å². The molecule has 1 aromatic heterocycles. The zero-order valence-electron chi connectivity index (χ0n) is 16.8. The summed E-state index contributed by atoms with van der Waals surface area (Å²) in [6, 6.07) is -0.429. The van der Waals surface area contributed by atoms with Crippen LogP contribution in [0, 0.1) is 5.92 Å². The van der Waals surface area contributed by atoms with Crippen molar-refractivity contribution in [3.05, 3.63) is 21.4 Å². The van der Waals surface area contributed by atoms with Crippen LogP contribution < -0.4 is 0 Å². The van der Waals surface area contributed by atoms with Gasteiger partial charge >= 0.3 is 5.97 Å². The molecule has 0 bridgehead atoms. The van der Waals surface area contributed by atoms with Crippen molar-refractivity contribution in [2.45, 2.75) is 65.0 Å². The molecule has 6 nitrogen and oxygen atoms in total. The summed E-state index contributed by atoms with van der Waals surface area (Å²) in [5.41, 5.74) is 1.65. The van der Waals surface area contributed by atoms with E-state index in [4.69, 9.17) is 4.74 Å². The Hall–Kier alpha value is -1.41. The van der Waals surface area contributed by atoms with Gasteiger partial charge in [-0.2, -0.15) is 0 Å². The van der Waals surface area contributed by atoms with Crippen molar-refractivity contribution in [3.63, 3.8) is 0 Å². The topological polar surface area (TPSA) is 80.8 Å². The highest BCUT2D eigenvalue weighted by Gasteiger charge is 2.37. The molecule has 1 aliphatic carbocycles. The minimum absolute atomic E-state index is 0.00670. The second-order valence-corrected chi connectivity index (χ2v) is 11.3. The normalized spacial score (nSPS) is 24.4. The van der Waals surface area contributed by atoms with Crippen LogP contribution in [0.1, 0.15) is 60.8 Å². The molecule has 3 atom stereocenters. The molecule has 1 aromatic rings. The number of fused-ring (bicyclic) bond motifs is 1. The van der Waals surface area contributed by atoms with E-state index < -0.39 is 15.8 Å². The van der Waals surface area contributed by atoms with E-state index in [1.807, 2.05) is 19.2 Å². The lowest BCUT2D eigenvalue weighted by Gasteiger charge is -2.33. The van der Waals surface area contributed by atoms with E-state index in [0.29, 0.717) is 24.3 Å². The first kappa shape index (κ1) is 21.3. The SMILES string of the molecule is CC[C@@H](C)N(C(=O)COC(=O)c1csc2c1CC[C@H](C)C2)[C@@H]1CCS(=O)(=O)C1. The van der Waals surface area contributed by atoms with E-state index in [0.717, 1.165) is 24.8 Å². The van der Waals surface area contributed by atoms with E-state index >= 15 is 0 Å². The molecular weight excluding hydrogens is 398 g/mol. The monoisotopic (exact) mass is 427 g/mol. The zero-order valence-corrected chi connectivity index (χ0v) is 18.4. The van der Waals surface area contributed by atoms with Crippen molar-refractivity contribution in [1.82, 2.24) is 4.90 Å². The minimum Gasteiger partial charge on any atom is -0.452 e. The molecule has 1 amide bonds. The molecule has 156 valence electrons. The highest BCUT2D eigenvalue weighted by Crippen LogP contribution is 2.33. The lowest BCUT2D eigenvalue weighted by atomic mass is 9.88. The number of sulfone groups is 1. The van der Waals surface area contributed by atoms with E-state index in [2.05, 4.69) is 6.92 Å². The highest BCUT2D eigenvalue weighted by molar-refractivity contribution is 7.91. The van der Waals surface area contributed by atoms with Crippen LogP contribution >= 0.6 is 11.3 Å². The van der Waals surface area contributed by atoms with Crippen molar-refractivity contribution in [2.24, 2.45) is 5.92 Å². The summed E-state index contributed by atoms with van der Waals surface area (Å²) in [6.45, 7) is 5.73. The fourth-order valence-corrected chi connectivity index (χ4v) is 7.07. The van der Waals surface area contributed by atoms with Crippen LogP contribution in [0.5, 0.6) is 0 Å². The van der Waals surface area contributed by atoms with Gasteiger partial charge in [0, 0.05) is 22.3 Å². The van der Waals surface area contributed by atoms with Gasteiger partial charge in [-0.15, -0.1) is 11.3 Å². The molecule has 3 rings (SSSR count). The summed E-state index contributed by atoms with van der Waals surface area (Å²) in [5, 5.41) is 1.84. The van der Waals surface area contributed by atoms with Crippen molar-refractivity contribution in [2.75, 3.05) is 18.1 Å². The standard InChI is InChI=1S/C20H29NO5S2/c1-4-14(3)21(15-7-8-28(24,25)12-15)19(22)10-26-20(23)17-11-27-18-9-13(2)5-6-16(17)18/h11,13-15H,4-10,12H2,1-3H3/t13-,14+,15+/m0/s1. The van der Waals surface area contributed by atoms with E-state index in [1.54, 1.807) is 16.2 Å². The molecule has 0 N–H and O–H groups in total. The lowest BCUT2D eigenvalue weighted by molar-refractivity contribution is -0.138. The third-order valence-corrected chi connectivity index (χ3v) is 8.71. The van der Waals surface area contributed by atoms with Gasteiger partial charge in [-0.25, -0.2) is 13.2 Å². The number of carbonyl (C=O) groups is 2. The average molecular weight is 428 g/mol. The molecule has 0 spiro atoms. The minimum atomic E-state index is -3.10. The average Bonchev–Trinajstić information content (AvgIpc) is 3.22. The molecule has 1 aliphatic heterocycles. The second-order valence-electron chi connectivity index (χ2n) is 8.09. The largest absolute Gasteiger partial charge is 0.452 e. The van der Waals surface area contributed by atoms with E-state index in [1.165, 1.54) is 4.88 Å². The number of esters is 1. The van der Waals surface area contributed by atoms with E-state index in [9.17, 15) is 18.0 Å². The van der Waals surface area contributed by atoms with Crippen LogP contribution in [-0.2, 0) is 32.2 Å². The number of hydrogen-bond acceptors (Lipinski definition) is 6. The molecule has 1 saturated heterocycles. The molecule has 2 heterocycles. The van der Waals surface area contributed by atoms with Crippen LogP contribution in [0.4, 0.5) is 0 Å². The number of hydrogen-bond donors (Lipinski definition) is 0. The van der Waals surface area contributed by atoms with Crippen molar-refractivity contribution < 1.29 is 22.7 Å². The Morgan fingerprint density at radius 3 is 2.75 bits per heavy atom. The molecule has 28 heavy (non-hydrogen) atoms. The molecule has 0 aromatic carbocycles. The first-order valence-corrected chi connectivity index (χ1v) is 12.7. The Bertz CT molecular complexity index is 845.